The maximum absolute atomic E-state index is 11.7. The molecule has 0 bridgehead atoms. The highest BCUT2D eigenvalue weighted by molar-refractivity contribution is 5.99. The molecule has 0 radical (unpaired) electrons. The van der Waals surface area contributed by atoms with Crippen molar-refractivity contribution in [1.29, 1.82) is 0 Å². The molecule has 17 heavy (non-hydrogen) atoms. The predicted octanol–water partition coefficient (Wildman–Crippen LogP) is 0.682. The van der Waals surface area contributed by atoms with Crippen molar-refractivity contribution in [2.45, 2.75) is 12.8 Å². The Morgan fingerprint density at radius 1 is 1.29 bits per heavy atom. The molecule has 1 aliphatic rings. The summed E-state index contributed by atoms with van der Waals surface area (Å²) in [6, 6.07) is 8.98. The zero-order valence-corrected chi connectivity index (χ0v) is 9.27. The Bertz CT molecular complexity index is 454. The minimum absolute atomic E-state index is 0.0804. The third-order valence-corrected chi connectivity index (χ3v) is 2.47. The number of hydrogen-bond donors (Lipinski definition) is 2. The molecule has 2 N–H and O–H groups in total. The van der Waals surface area contributed by atoms with Gasteiger partial charge in [0.15, 0.2) is 0 Å². The molecule has 1 aromatic carbocycles. The van der Waals surface area contributed by atoms with Gasteiger partial charge >= 0.3 is 0 Å². The van der Waals surface area contributed by atoms with Gasteiger partial charge in [-0.15, -0.1) is 0 Å². The van der Waals surface area contributed by atoms with E-state index in [2.05, 4.69) is 15.8 Å². The van der Waals surface area contributed by atoms with E-state index >= 15 is 0 Å². The lowest BCUT2D eigenvalue weighted by atomic mass is 10.1. The summed E-state index contributed by atoms with van der Waals surface area (Å²) in [5, 5.41) is 6.64. The summed E-state index contributed by atoms with van der Waals surface area (Å²) in [7, 11) is 0. The summed E-state index contributed by atoms with van der Waals surface area (Å²) in [5.74, 6) is -0.215. The molecule has 5 nitrogen and oxygen atoms in total. The van der Waals surface area contributed by atoms with Gasteiger partial charge in [0.25, 0.3) is 5.91 Å². The van der Waals surface area contributed by atoms with Crippen LogP contribution in [0.25, 0.3) is 0 Å². The molecule has 2 amide bonds. The number of hydrazone groups is 1. The average Bonchev–Trinajstić information content (AvgIpc) is 2.39. The average molecular weight is 231 g/mol. The van der Waals surface area contributed by atoms with Crippen molar-refractivity contribution >= 4 is 17.5 Å². The Hall–Kier alpha value is -2.17. The Morgan fingerprint density at radius 3 is 2.71 bits per heavy atom. The Kier molecular flexibility index (Phi) is 3.49. The molecule has 1 aromatic rings. The number of hydrogen-bond acceptors (Lipinski definition) is 3. The van der Waals surface area contributed by atoms with Crippen LogP contribution in [0.3, 0.4) is 0 Å². The fourth-order valence-corrected chi connectivity index (χ4v) is 1.51. The number of benzene rings is 1. The molecule has 0 saturated carbocycles. The molecule has 0 unspecified atom stereocenters. The monoisotopic (exact) mass is 231 g/mol. The van der Waals surface area contributed by atoms with Gasteiger partial charge in [-0.05, 0) is 18.6 Å². The van der Waals surface area contributed by atoms with Crippen LogP contribution < -0.4 is 10.7 Å². The van der Waals surface area contributed by atoms with Gasteiger partial charge in [-0.3, -0.25) is 9.59 Å². The summed E-state index contributed by atoms with van der Waals surface area (Å²) in [6.45, 7) is 0.369. The van der Waals surface area contributed by atoms with Crippen molar-refractivity contribution in [2.24, 2.45) is 5.10 Å². The molecule has 88 valence electrons. The van der Waals surface area contributed by atoms with Crippen molar-refractivity contribution in [1.82, 2.24) is 10.7 Å². The van der Waals surface area contributed by atoms with E-state index in [1.165, 1.54) is 0 Å². The molecule has 0 fully saturated rings. The van der Waals surface area contributed by atoms with E-state index in [1.807, 2.05) is 18.2 Å². The van der Waals surface area contributed by atoms with E-state index in [9.17, 15) is 9.59 Å². The van der Waals surface area contributed by atoms with Crippen LogP contribution in [-0.2, 0) is 4.79 Å². The highest BCUT2D eigenvalue weighted by Gasteiger charge is 2.12. The van der Waals surface area contributed by atoms with Gasteiger partial charge in [0.2, 0.25) is 5.91 Å². The molecular formula is C12H13N3O2. The molecule has 0 saturated heterocycles. The van der Waals surface area contributed by atoms with Crippen LogP contribution in [0.5, 0.6) is 0 Å². The lowest BCUT2D eigenvalue weighted by Crippen LogP contribution is -2.34. The van der Waals surface area contributed by atoms with Gasteiger partial charge in [-0.1, -0.05) is 18.2 Å². The second-order valence-electron chi connectivity index (χ2n) is 3.76. The van der Waals surface area contributed by atoms with Crippen LogP contribution in [0.2, 0.25) is 0 Å². The standard InChI is InChI=1S/C12H13N3O2/c16-11-7-6-10(14-15-11)8-13-12(17)9-4-2-1-3-5-9/h1-5H,6-8H2,(H,13,17)(H,15,16). The first-order valence-corrected chi connectivity index (χ1v) is 5.43. The van der Waals surface area contributed by atoms with Crippen molar-refractivity contribution in [3.63, 3.8) is 0 Å². The van der Waals surface area contributed by atoms with Crippen molar-refractivity contribution < 1.29 is 9.59 Å². The van der Waals surface area contributed by atoms with E-state index in [-0.39, 0.29) is 11.8 Å². The summed E-state index contributed by atoms with van der Waals surface area (Å²) in [5.41, 5.74) is 3.80. The van der Waals surface area contributed by atoms with Crippen LogP contribution in [0.1, 0.15) is 23.2 Å². The van der Waals surface area contributed by atoms with Gasteiger partial charge in [0.1, 0.15) is 0 Å². The smallest absolute Gasteiger partial charge is 0.251 e. The van der Waals surface area contributed by atoms with E-state index in [1.54, 1.807) is 12.1 Å². The lowest BCUT2D eigenvalue weighted by Gasteiger charge is -2.12. The number of carbonyl (C=O) groups excluding carboxylic acids is 2. The first kappa shape index (κ1) is 11.3. The number of carbonyl (C=O) groups is 2. The second kappa shape index (κ2) is 5.25. The summed E-state index contributed by atoms with van der Waals surface area (Å²) in [4.78, 5) is 22.6. The normalized spacial score (nSPS) is 14.8. The maximum atomic E-state index is 11.7. The van der Waals surface area contributed by atoms with Gasteiger partial charge in [0.05, 0.1) is 12.3 Å². The van der Waals surface area contributed by atoms with Crippen LogP contribution in [0.15, 0.2) is 35.4 Å². The van der Waals surface area contributed by atoms with E-state index in [4.69, 9.17) is 0 Å². The fraction of sp³-hybridized carbons (Fsp3) is 0.250. The molecular weight excluding hydrogens is 218 g/mol. The second-order valence-corrected chi connectivity index (χ2v) is 3.76. The van der Waals surface area contributed by atoms with E-state index in [0.29, 0.717) is 24.9 Å². The number of nitrogens with one attached hydrogen (secondary N) is 2. The van der Waals surface area contributed by atoms with Crippen LogP contribution in [0, 0.1) is 0 Å². The number of amides is 2. The highest BCUT2D eigenvalue weighted by Crippen LogP contribution is 2.00. The fourth-order valence-electron chi connectivity index (χ4n) is 1.51. The topological polar surface area (TPSA) is 70.6 Å². The molecule has 1 aliphatic heterocycles. The van der Waals surface area contributed by atoms with Crippen LogP contribution in [0.4, 0.5) is 0 Å². The van der Waals surface area contributed by atoms with E-state index in [0.717, 1.165) is 5.71 Å². The molecule has 5 heteroatoms. The van der Waals surface area contributed by atoms with Crippen molar-refractivity contribution in [2.75, 3.05) is 6.54 Å². The zero-order valence-electron chi connectivity index (χ0n) is 9.27. The van der Waals surface area contributed by atoms with Crippen LogP contribution in [-0.4, -0.2) is 24.1 Å². The van der Waals surface area contributed by atoms with Gasteiger partial charge < -0.3 is 5.32 Å². The molecule has 0 atom stereocenters. The van der Waals surface area contributed by atoms with Gasteiger partial charge in [-0.2, -0.15) is 5.10 Å². The maximum Gasteiger partial charge on any atom is 0.251 e. The Morgan fingerprint density at radius 2 is 2.06 bits per heavy atom. The third kappa shape index (κ3) is 3.14. The molecule has 1 heterocycles. The quantitative estimate of drug-likeness (QED) is 0.803. The molecule has 0 spiro atoms. The summed E-state index contributed by atoms with van der Waals surface area (Å²) < 4.78 is 0. The number of nitrogens with zero attached hydrogens (tertiary/aromatic N) is 1. The SMILES string of the molecule is O=C1CCC(CNC(=O)c2ccccc2)=NN1. The minimum atomic E-state index is -0.134. The minimum Gasteiger partial charge on any atom is -0.347 e. The van der Waals surface area contributed by atoms with Gasteiger partial charge in [0, 0.05) is 12.0 Å². The summed E-state index contributed by atoms with van der Waals surface area (Å²) >= 11 is 0. The highest BCUT2D eigenvalue weighted by atomic mass is 16.2. The predicted molar refractivity (Wildman–Crippen MR) is 63.6 cm³/mol. The van der Waals surface area contributed by atoms with E-state index < -0.39 is 0 Å². The van der Waals surface area contributed by atoms with Crippen molar-refractivity contribution in [3.05, 3.63) is 35.9 Å². The first-order valence-electron chi connectivity index (χ1n) is 5.43. The van der Waals surface area contributed by atoms with Gasteiger partial charge in [-0.25, -0.2) is 5.43 Å². The molecule has 0 aromatic heterocycles. The molecule has 0 aliphatic carbocycles. The first-order chi connectivity index (χ1) is 8.25. The lowest BCUT2D eigenvalue weighted by molar-refractivity contribution is -0.121. The van der Waals surface area contributed by atoms with Crippen molar-refractivity contribution in [3.8, 4) is 0 Å². The Balaban J connectivity index is 1.87. The third-order valence-electron chi connectivity index (χ3n) is 2.47. The van der Waals surface area contributed by atoms with Crippen LogP contribution >= 0.6 is 0 Å². The Labute approximate surface area is 98.9 Å². The number of rotatable bonds is 3. The molecule has 2 rings (SSSR count). The summed E-state index contributed by atoms with van der Waals surface area (Å²) in [6.07, 6.45) is 1.03. The zero-order chi connectivity index (χ0) is 12.1. The largest absolute Gasteiger partial charge is 0.347 e.